The predicted molar refractivity (Wildman–Crippen MR) is 101 cm³/mol. The third-order valence-electron chi connectivity index (χ3n) is 3.35. The molecule has 11 heteroatoms. The van der Waals surface area contributed by atoms with Gasteiger partial charge in [-0.2, -0.15) is 26.0 Å². The van der Waals surface area contributed by atoms with Gasteiger partial charge in [0.1, 0.15) is 11.5 Å². The van der Waals surface area contributed by atoms with Gasteiger partial charge in [-0.1, -0.05) is 12.1 Å². The highest BCUT2D eigenvalue weighted by atomic mass is 32.2. The number of rotatable bonds is 6. The molecular formula is C18H18F4O5S2. The summed E-state index contributed by atoms with van der Waals surface area (Å²) >= 11 is -0.625. The topological polar surface area (TPSA) is 83.8 Å². The summed E-state index contributed by atoms with van der Waals surface area (Å²) < 4.78 is 84.1. The van der Waals surface area contributed by atoms with E-state index in [1.165, 1.54) is 24.3 Å². The van der Waals surface area contributed by atoms with Crippen molar-refractivity contribution in [2.45, 2.75) is 41.8 Å². The summed E-state index contributed by atoms with van der Waals surface area (Å²) in [4.78, 5) is -0.325. The Hall–Kier alpha value is -1.98. The van der Waals surface area contributed by atoms with Gasteiger partial charge < -0.3 is 10.2 Å². The fourth-order valence-corrected chi connectivity index (χ4v) is 4.38. The average molecular weight is 454 g/mol. The Kier molecular flexibility index (Phi) is 6.18. The molecule has 2 N–H and O–H groups in total. The van der Waals surface area contributed by atoms with E-state index in [2.05, 4.69) is 4.18 Å². The van der Waals surface area contributed by atoms with Crippen LogP contribution in [0.5, 0.6) is 11.5 Å². The first-order valence-electron chi connectivity index (χ1n) is 8.07. The summed E-state index contributed by atoms with van der Waals surface area (Å²) in [6.07, 6.45) is 0. The Balaban J connectivity index is 2.28. The number of phenolic OH excluding ortho intramolecular Hbond substituents is 2. The van der Waals surface area contributed by atoms with Crippen LogP contribution in [0.25, 0.3) is 11.1 Å². The highest BCUT2D eigenvalue weighted by Gasteiger charge is 2.68. The minimum Gasteiger partial charge on any atom is -0.508 e. The quantitative estimate of drug-likeness (QED) is 0.355. The molecule has 160 valence electrons. The summed E-state index contributed by atoms with van der Waals surface area (Å²) in [5, 5.41) is 8.50. The van der Waals surface area contributed by atoms with E-state index in [9.17, 15) is 36.2 Å². The van der Waals surface area contributed by atoms with Crippen molar-refractivity contribution >= 4 is 21.9 Å². The lowest BCUT2D eigenvalue weighted by Crippen LogP contribution is -2.47. The average Bonchev–Trinajstić information content (AvgIpc) is 2.51. The zero-order valence-electron chi connectivity index (χ0n) is 15.5. The smallest absolute Gasteiger partial charge is 0.442 e. The number of thioether (sulfide) groups is 1. The Labute approximate surface area is 169 Å². The Morgan fingerprint density at radius 1 is 0.862 bits per heavy atom. The highest BCUT2D eigenvalue weighted by Crippen LogP contribution is 2.50. The van der Waals surface area contributed by atoms with E-state index in [1.54, 1.807) is 0 Å². The van der Waals surface area contributed by atoms with Gasteiger partial charge in [-0.05, 0) is 67.9 Å². The van der Waals surface area contributed by atoms with Crippen molar-refractivity contribution in [3.63, 3.8) is 0 Å². The van der Waals surface area contributed by atoms with Gasteiger partial charge in [0.2, 0.25) is 0 Å². The lowest BCUT2D eigenvalue weighted by atomic mass is 10.1. The number of aromatic hydroxyl groups is 2. The summed E-state index contributed by atoms with van der Waals surface area (Å²) in [7, 11) is -5.92. The maximum Gasteiger partial charge on any atom is 0.442 e. The Morgan fingerprint density at radius 2 is 1.34 bits per heavy atom. The second-order valence-corrected chi connectivity index (χ2v) is 9.82. The molecule has 5 nitrogen and oxygen atoms in total. The van der Waals surface area contributed by atoms with Gasteiger partial charge >= 0.3 is 20.6 Å². The standard InChI is InChI=1S/C18H18F4O5S2/c1-16(2,3)27-29(25,26)18(21,22)17(19,20)28-15-6-4-11(5-7-15)12-8-13(23)10-14(24)9-12/h4-10,23-24H,1-3H3. The fourth-order valence-electron chi connectivity index (χ4n) is 2.21. The Morgan fingerprint density at radius 3 is 1.79 bits per heavy atom. The molecule has 0 unspecified atom stereocenters. The lowest BCUT2D eigenvalue weighted by Gasteiger charge is -2.28. The summed E-state index contributed by atoms with van der Waals surface area (Å²) in [6, 6.07) is 8.47. The lowest BCUT2D eigenvalue weighted by molar-refractivity contribution is -0.0998. The second kappa shape index (κ2) is 7.69. The molecule has 0 atom stereocenters. The first-order chi connectivity index (χ1) is 13.0. The minimum atomic E-state index is -5.92. The van der Waals surface area contributed by atoms with Crippen LogP contribution in [0.4, 0.5) is 17.6 Å². The zero-order valence-corrected chi connectivity index (χ0v) is 17.1. The molecule has 0 saturated carbocycles. The van der Waals surface area contributed by atoms with E-state index < -0.39 is 38.0 Å². The van der Waals surface area contributed by atoms with Crippen molar-refractivity contribution in [1.82, 2.24) is 0 Å². The van der Waals surface area contributed by atoms with Gasteiger partial charge in [-0.25, -0.2) is 0 Å². The van der Waals surface area contributed by atoms with Crippen LogP contribution in [0.15, 0.2) is 47.4 Å². The third kappa shape index (κ3) is 5.34. The van der Waals surface area contributed by atoms with Crippen molar-refractivity contribution in [3.05, 3.63) is 42.5 Å². The number of phenols is 2. The number of alkyl halides is 4. The van der Waals surface area contributed by atoms with Crippen LogP contribution in [0.1, 0.15) is 20.8 Å². The van der Waals surface area contributed by atoms with Gasteiger partial charge in [-0.3, -0.25) is 4.18 Å². The number of halogens is 4. The number of benzene rings is 2. The van der Waals surface area contributed by atoms with Gasteiger partial charge in [0.05, 0.1) is 5.60 Å². The molecule has 0 aliphatic rings. The van der Waals surface area contributed by atoms with E-state index in [0.717, 1.165) is 39.0 Å². The van der Waals surface area contributed by atoms with Crippen LogP contribution >= 0.6 is 11.8 Å². The van der Waals surface area contributed by atoms with E-state index in [4.69, 9.17) is 0 Å². The summed E-state index contributed by atoms with van der Waals surface area (Å²) in [5.74, 6) is -0.456. The van der Waals surface area contributed by atoms with E-state index in [-0.39, 0.29) is 16.4 Å². The van der Waals surface area contributed by atoms with E-state index >= 15 is 0 Å². The maximum atomic E-state index is 14.2. The molecule has 0 saturated heterocycles. The SMILES string of the molecule is CC(C)(C)OS(=O)(=O)C(F)(F)C(F)(F)Sc1ccc(-c2cc(O)cc(O)c2)cc1. The number of hydrogen-bond acceptors (Lipinski definition) is 6. The molecule has 0 amide bonds. The monoisotopic (exact) mass is 454 g/mol. The molecule has 2 rings (SSSR count). The summed E-state index contributed by atoms with van der Waals surface area (Å²) in [5.41, 5.74) is -0.853. The highest BCUT2D eigenvalue weighted by molar-refractivity contribution is 8.01. The molecule has 0 radical (unpaired) electrons. The van der Waals surface area contributed by atoms with Crippen molar-refractivity contribution in [3.8, 4) is 22.6 Å². The molecule has 0 fully saturated rings. The van der Waals surface area contributed by atoms with Gasteiger partial charge in [0.15, 0.2) is 0 Å². The van der Waals surface area contributed by atoms with Crippen molar-refractivity contribution in [2.75, 3.05) is 0 Å². The van der Waals surface area contributed by atoms with Crippen LogP contribution < -0.4 is 0 Å². The maximum absolute atomic E-state index is 14.2. The van der Waals surface area contributed by atoms with Crippen molar-refractivity contribution < 1.29 is 40.4 Å². The van der Waals surface area contributed by atoms with E-state index in [0.29, 0.717) is 11.1 Å². The van der Waals surface area contributed by atoms with Crippen molar-refractivity contribution in [2.24, 2.45) is 0 Å². The summed E-state index contributed by atoms with van der Waals surface area (Å²) in [6.45, 7) is 3.43. The van der Waals surface area contributed by atoms with Crippen LogP contribution in [0, 0.1) is 0 Å². The zero-order chi connectivity index (χ0) is 22.3. The third-order valence-corrected chi connectivity index (χ3v) is 6.10. The fraction of sp³-hybridized carbons (Fsp3) is 0.333. The molecular weight excluding hydrogens is 436 g/mol. The van der Waals surface area contributed by atoms with Crippen LogP contribution in [-0.4, -0.2) is 34.7 Å². The van der Waals surface area contributed by atoms with E-state index in [1.807, 2.05) is 0 Å². The molecule has 2 aromatic carbocycles. The largest absolute Gasteiger partial charge is 0.508 e. The van der Waals surface area contributed by atoms with Gasteiger partial charge in [-0.15, -0.1) is 0 Å². The molecule has 0 aromatic heterocycles. The Bertz CT molecular complexity index is 964. The normalized spacial score (nSPS) is 13.5. The van der Waals surface area contributed by atoms with Crippen molar-refractivity contribution in [1.29, 1.82) is 0 Å². The van der Waals surface area contributed by atoms with Crippen LogP contribution in [-0.2, 0) is 14.3 Å². The van der Waals surface area contributed by atoms with Gasteiger partial charge in [0, 0.05) is 11.0 Å². The molecule has 0 spiro atoms. The molecule has 0 heterocycles. The molecule has 0 aliphatic carbocycles. The van der Waals surface area contributed by atoms with Crippen LogP contribution in [0.3, 0.4) is 0 Å². The van der Waals surface area contributed by atoms with Crippen LogP contribution in [0.2, 0.25) is 0 Å². The first-order valence-corrected chi connectivity index (χ1v) is 10.3. The van der Waals surface area contributed by atoms with Gasteiger partial charge in [0.25, 0.3) is 0 Å². The number of hydrogen-bond donors (Lipinski definition) is 2. The molecule has 29 heavy (non-hydrogen) atoms. The minimum absolute atomic E-state index is 0.228. The molecule has 0 aliphatic heterocycles. The molecule has 2 aromatic rings. The predicted octanol–water partition coefficient (Wildman–Crippen LogP) is 5.19. The second-order valence-electron chi connectivity index (χ2n) is 7.05. The molecule has 0 bridgehead atoms. The first kappa shape index (κ1) is 23.3.